The molecule has 0 spiro atoms. The van der Waals surface area contributed by atoms with Crippen LogP contribution < -0.4 is 11.1 Å². The molecule has 4 N–H and O–H groups in total. The number of hydrogen-bond acceptors (Lipinski definition) is 7. The smallest absolute Gasteiger partial charge is 0.325 e. The Kier molecular flexibility index (Phi) is 12.2. The van der Waals surface area contributed by atoms with Gasteiger partial charge >= 0.3 is 11.9 Å². The highest BCUT2D eigenvalue weighted by atomic mass is 33.1. The number of rotatable bonds is 6. The molecular weight excluding hydrogens is 340 g/mol. The molecule has 23 heavy (non-hydrogen) atoms. The maximum absolute atomic E-state index is 11.0. The van der Waals surface area contributed by atoms with Crippen LogP contribution in [0.4, 0.5) is 0 Å². The summed E-state index contributed by atoms with van der Waals surface area (Å²) in [6, 6.07) is 0. The van der Waals surface area contributed by atoms with Gasteiger partial charge in [-0.15, -0.1) is 0 Å². The molecule has 0 fully saturated rings. The minimum atomic E-state index is -0.748. The molecule has 0 aliphatic rings. The summed E-state index contributed by atoms with van der Waals surface area (Å²) < 4.78 is 5.09. The van der Waals surface area contributed by atoms with Crippen LogP contribution in [0, 0.1) is 0 Å². The van der Waals surface area contributed by atoms with E-state index >= 15 is 0 Å². The Labute approximate surface area is 145 Å². The Balaban J connectivity index is 0. The van der Waals surface area contributed by atoms with Crippen molar-refractivity contribution in [1.82, 2.24) is 5.32 Å². The van der Waals surface area contributed by atoms with Crippen LogP contribution in [0.3, 0.4) is 0 Å². The predicted octanol–water partition coefficient (Wildman–Crippen LogP) is 1.65. The molecule has 0 aliphatic carbocycles. The summed E-state index contributed by atoms with van der Waals surface area (Å²) in [5.74, 6) is -1.40. The molecule has 136 valence electrons. The fourth-order valence-electron chi connectivity index (χ4n) is 0.877. The second-order valence-corrected chi connectivity index (χ2v) is 9.54. The number of carbonyl (C=O) groups excluding carboxylic acids is 2. The zero-order valence-electron chi connectivity index (χ0n) is 14.6. The number of nitrogens with two attached hydrogens (primary N) is 1. The van der Waals surface area contributed by atoms with E-state index in [4.69, 9.17) is 15.6 Å². The molecule has 1 amide bonds. The minimum Gasteiger partial charge on any atom is -0.481 e. The topological polar surface area (TPSA) is 119 Å². The van der Waals surface area contributed by atoms with Crippen molar-refractivity contribution in [2.45, 2.75) is 51.9 Å². The number of aliphatic carboxylic acids is 1. The third-order valence-electron chi connectivity index (χ3n) is 1.53. The van der Waals surface area contributed by atoms with Gasteiger partial charge in [-0.3, -0.25) is 14.4 Å². The van der Waals surface area contributed by atoms with Crippen LogP contribution in [0.2, 0.25) is 0 Å². The second-order valence-electron chi connectivity index (χ2n) is 6.42. The maximum Gasteiger partial charge on any atom is 0.325 e. The molecule has 7 nitrogen and oxygen atoms in total. The molecule has 0 bridgehead atoms. The number of carboxylic acids is 1. The van der Waals surface area contributed by atoms with E-state index in [-0.39, 0.29) is 29.5 Å². The monoisotopic (exact) mass is 368 g/mol. The van der Waals surface area contributed by atoms with Crippen LogP contribution in [0.25, 0.3) is 0 Å². The number of esters is 1. The third kappa shape index (κ3) is 23.5. The summed E-state index contributed by atoms with van der Waals surface area (Å²) in [7, 11) is 2.98. The van der Waals surface area contributed by atoms with Crippen molar-refractivity contribution in [2.75, 3.05) is 18.8 Å². The Morgan fingerprint density at radius 1 is 1.13 bits per heavy atom. The van der Waals surface area contributed by atoms with Crippen molar-refractivity contribution in [3.63, 3.8) is 0 Å². The molecular formula is C14H28N2O5S2. The molecule has 0 atom stereocenters. The first-order valence-corrected chi connectivity index (χ1v) is 9.30. The number of carbonyl (C=O) groups is 3. The molecule has 0 saturated heterocycles. The van der Waals surface area contributed by atoms with E-state index in [1.165, 1.54) is 10.8 Å². The molecule has 0 aromatic carbocycles. The quantitative estimate of drug-likeness (QED) is 0.478. The molecule has 0 rings (SSSR count). The van der Waals surface area contributed by atoms with E-state index in [9.17, 15) is 14.4 Å². The summed E-state index contributed by atoms with van der Waals surface area (Å²) in [5, 5.41) is 10.6. The van der Waals surface area contributed by atoms with Crippen molar-refractivity contribution < 1.29 is 24.2 Å². The molecule has 0 aromatic heterocycles. The van der Waals surface area contributed by atoms with Gasteiger partial charge < -0.3 is 20.9 Å². The Bertz CT molecular complexity index is 390. The lowest BCUT2D eigenvalue weighted by Gasteiger charge is -2.19. The SMILES string of the molecule is CC(C)(C)OC(=O)CNC(=O)CN.CC(C)(C)SSCC(=O)O. The Morgan fingerprint density at radius 3 is 2.00 bits per heavy atom. The molecule has 9 heteroatoms. The number of nitrogens with one attached hydrogen (secondary N) is 1. The van der Waals surface area contributed by atoms with Crippen LogP contribution in [0.15, 0.2) is 0 Å². The first kappa shape index (κ1) is 24.3. The van der Waals surface area contributed by atoms with Crippen molar-refractivity contribution in [3.8, 4) is 0 Å². The average Bonchev–Trinajstić information content (AvgIpc) is 2.32. The zero-order valence-corrected chi connectivity index (χ0v) is 16.2. The second kappa shape index (κ2) is 11.6. The molecule has 0 saturated carbocycles. The first-order chi connectivity index (χ1) is 10.3. The fraction of sp³-hybridized carbons (Fsp3) is 0.786. The average molecular weight is 369 g/mol. The van der Waals surface area contributed by atoms with Gasteiger partial charge in [0, 0.05) is 4.75 Å². The molecule has 0 heterocycles. The van der Waals surface area contributed by atoms with Gasteiger partial charge in [-0.05, 0) is 20.8 Å². The first-order valence-electron chi connectivity index (χ1n) is 6.98. The Hall–Kier alpha value is -0.930. The highest BCUT2D eigenvalue weighted by molar-refractivity contribution is 8.77. The van der Waals surface area contributed by atoms with Crippen LogP contribution >= 0.6 is 21.6 Å². The van der Waals surface area contributed by atoms with Crippen LogP contribution in [0.1, 0.15) is 41.5 Å². The summed E-state index contributed by atoms with van der Waals surface area (Å²) >= 11 is 0. The van der Waals surface area contributed by atoms with E-state index in [1.807, 2.05) is 0 Å². The van der Waals surface area contributed by atoms with Gasteiger partial charge in [0.2, 0.25) is 5.91 Å². The van der Waals surface area contributed by atoms with Crippen molar-refractivity contribution in [3.05, 3.63) is 0 Å². The number of hydrogen-bond donors (Lipinski definition) is 3. The van der Waals surface area contributed by atoms with Crippen LogP contribution in [0.5, 0.6) is 0 Å². The van der Waals surface area contributed by atoms with E-state index in [0.717, 1.165) is 0 Å². The lowest BCUT2D eigenvalue weighted by Crippen LogP contribution is -2.37. The highest BCUT2D eigenvalue weighted by Gasteiger charge is 2.16. The largest absolute Gasteiger partial charge is 0.481 e. The molecule has 0 radical (unpaired) electrons. The normalized spacial score (nSPS) is 11.1. The molecule has 0 aromatic rings. The van der Waals surface area contributed by atoms with E-state index in [2.05, 4.69) is 26.1 Å². The summed E-state index contributed by atoms with van der Waals surface area (Å²) in [5.41, 5.74) is 4.50. The highest BCUT2D eigenvalue weighted by Crippen LogP contribution is 2.34. The van der Waals surface area contributed by atoms with Gasteiger partial charge in [0.15, 0.2) is 0 Å². The van der Waals surface area contributed by atoms with Gasteiger partial charge in [0.05, 0.1) is 6.54 Å². The minimum absolute atomic E-state index is 0.122. The summed E-state index contributed by atoms with van der Waals surface area (Å²) in [4.78, 5) is 31.7. The zero-order chi connectivity index (χ0) is 18.7. The summed E-state index contributed by atoms with van der Waals surface area (Å²) in [6.45, 7) is 11.2. The molecule has 0 unspecified atom stereocenters. The summed E-state index contributed by atoms with van der Waals surface area (Å²) in [6.07, 6.45) is 0. The fourth-order valence-corrected chi connectivity index (χ4v) is 2.93. The van der Waals surface area contributed by atoms with E-state index in [1.54, 1.807) is 31.6 Å². The number of carboxylic acid groups (broad SMARTS) is 1. The third-order valence-corrected chi connectivity index (χ3v) is 4.72. The van der Waals surface area contributed by atoms with Crippen molar-refractivity contribution in [2.24, 2.45) is 5.73 Å². The van der Waals surface area contributed by atoms with E-state index < -0.39 is 17.5 Å². The van der Waals surface area contributed by atoms with Gasteiger partial charge in [-0.25, -0.2) is 0 Å². The predicted molar refractivity (Wildman–Crippen MR) is 95.3 cm³/mol. The van der Waals surface area contributed by atoms with E-state index in [0.29, 0.717) is 0 Å². The van der Waals surface area contributed by atoms with Crippen molar-refractivity contribution in [1.29, 1.82) is 0 Å². The van der Waals surface area contributed by atoms with Crippen molar-refractivity contribution >= 4 is 39.4 Å². The van der Waals surface area contributed by atoms with Gasteiger partial charge in [-0.1, -0.05) is 42.4 Å². The maximum atomic E-state index is 11.0. The lowest BCUT2D eigenvalue weighted by atomic mass is 10.2. The van der Waals surface area contributed by atoms with Crippen LogP contribution in [-0.4, -0.2) is 52.1 Å². The standard InChI is InChI=1S/C8H16N2O3.C6H12O2S2/c1-8(2,3)13-7(12)5-10-6(11)4-9;1-6(2,3)10-9-4-5(7)8/h4-5,9H2,1-3H3,(H,10,11);4H2,1-3H3,(H,7,8). The van der Waals surface area contributed by atoms with Gasteiger partial charge in [0.25, 0.3) is 0 Å². The molecule has 0 aliphatic heterocycles. The Morgan fingerprint density at radius 2 is 1.65 bits per heavy atom. The van der Waals surface area contributed by atoms with Gasteiger partial charge in [-0.2, -0.15) is 0 Å². The van der Waals surface area contributed by atoms with Crippen LogP contribution in [-0.2, 0) is 19.1 Å². The number of ether oxygens (including phenoxy) is 1. The number of amides is 1. The van der Waals surface area contributed by atoms with Gasteiger partial charge in [0.1, 0.15) is 17.9 Å². The lowest BCUT2D eigenvalue weighted by molar-refractivity contribution is -0.154.